The fraction of sp³-hybridized carbons (Fsp3) is 0.562. The number of anilines is 1. The molecule has 1 amide bonds. The van der Waals surface area contributed by atoms with E-state index in [-0.39, 0.29) is 11.9 Å². The molecule has 1 rings (SSSR count). The molecule has 1 aromatic carbocycles. The molecule has 0 bridgehead atoms. The van der Waals surface area contributed by atoms with E-state index in [1.54, 1.807) is 0 Å². The predicted octanol–water partition coefficient (Wildman–Crippen LogP) is 3.34. The first-order valence-corrected chi connectivity index (χ1v) is 7.26. The van der Waals surface area contributed by atoms with Crippen LogP contribution in [0.15, 0.2) is 30.3 Å². The Labute approximate surface area is 116 Å². The fourth-order valence-electron chi connectivity index (χ4n) is 2.03. The van der Waals surface area contributed by atoms with Crippen molar-refractivity contribution in [3.8, 4) is 0 Å². The van der Waals surface area contributed by atoms with Crippen LogP contribution in [0.5, 0.6) is 0 Å². The van der Waals surface area contributed by atoms with E-state index in [9.17, 15) is 4.79 Å². The van der Waals surface area contributed by atoms with Crippen molar-refractivity contribution in [1.29, 1.82) is 0 Å². The Kier molecular flexibility index (Phi) is 7.19. The third-order valence-corrected chi connectivity index (χ3v) is 3.15. The van der Waals surface area contributed by atoms with Gasteiger partial charge in [-0.15, -0.1) is 0 Å². The quantitative estimate of drug-likeness (QED) is 0.781. The SMILES string of the molecule is CCCCN(C(=O)CCCC(C)N)c1ccccc1. The van der Waals surface area contributed by atoms with Crippen LogP contribution in [0.2, 0.25) is 0 Å². The second-order valence-electron chi connectivity index (χ2n) is 5.10. The first-order valence-electron chi connectivity index (χ1n) is 7.26. The number of hydrogen-bond donors (Lipinski definition) is 1. The molecule has 106 valence electrons. The van der Waals surface area contributed by atoms with Crippen molar-refractivity contribution in [2.45, 2.75) is 52.0 Å². The summed E-state index contributed by atoms with van der Waals surface area (Å²) in [5, 5.41) is 0. The lowest BCUT2D eigenvalue weighted by molar-refractivity contribution is -0.118. The van der Waals surface area contributed by atoms with Gasteiger partial charge in [0.1, 0.15) is 0 Å². The van der Waals surface area contributed by atoms with Crippen LogP contribution in [0.25, 0.3) is 0 Å². The molecule has 19 heavy (non-hydrogen) atoms. The maximum absolute atomic E-state index is 12.3. The van der Waals surface area contributed by atoms with Crippen molar-refractivity contribution in [2.75, 3.05) is 11.4 Å². The smallest absolute Gasteiger partial charge is 0.226 e. The third kappa shape index (κ3) is 5.88. The number of carbonyl (C=O) groups excluding carboxylic acids is 1. The van der Waals surface area contributed by atoms with E-state index in [1.807, 2.05) is 42.2 Å². The Morgan fingerprint density at radius 3 is 2.53 bits per heavy atom. The van der Waals surface area contributed by atoms with Gasteiger partial charge in [-0.05, 0) is 38.3 Å². The van der Waals surface area contributed by atoms with E-state index >= 15 is 0 Å². The highest BCUT2D eigenvalue weighted by Crippen LogP contribution is 2.16. The highest BCUT2D eigenvalue weighted by molar-refractivity contribution is 5.93. The number of amides is 1. The van der Waals surface area contributed by atoms with E-state index in [1.165, 1.54) is 0 Å². The molecular weight excluding hydrogens is 236 g/mol. The standard InChI is InChI=1S/C16H26N2O/c1-3-4-13-18(15-10-6-5-7-11-15)16(19)12-8-9-14(2)17/h5-7,10-11,14H,3-4,8-9,12-13,17H2,1-2H3. The summed E-state index contributed by atoms with van der Waals surface area (Å²) in [5.41, 5.74) is 6.72. The highest BCUT2D eigenvalue weighted by atomic mass is 16.2. The number of rotatable bonds is 8. The van der Waals surface area contributed by atoms with Crippen LogP contribution in [0, 0.1) is 0 Å². The van der Waals surface area contributed by atoms with E-state index < -0.39 is 0 Å². The Morgan fingerprint density at radius 1 is 1.26 bits per heavy atom. The van der Waals surface area contributed by atoms with Crippen molar-refractivity contribution in [3.63, 3.8) is 0 Å². The number of carbonyl (C=O) groups is 1. The van der Waals surface area contributed by atoms with Gasteiger partial charge < -0.3 is 10.6 Å². The first-order chi connectivity index (χ1) is 9.15. The minimum Gasteiger partial charge on any atom is -0.328 e. The summed E-state index contributed by atoms with van der Waals surface area (Å²) in [6.07, 6.45) is 4.48. The van der Waals surface area contributed by atoms with Crippen LogP contribution in [-0.2, 0) is 4.79 Å². The van der Waals surface area contributed by atoms with Gasteiger partial charge >= 0.3 is 0 Å². The highest BCUT2D eigenvalue weighted by Gasteiger charge is 2.14. The van der Waals surface area contributed by atoms with Gasteiger partial charge in [0.25, 0.3) is 0 Å². The van der Waals surface area contributed by atoms with Gasteiger partial charge in [0.2, 0.25) is 5.91 Å². The van der Waals surface area contributed by atoms with Crippen LogP contribution in [0.1, 0.15) is 46.0 Å². The van der Waals surface area contributed by atoms with E-state index in [4.69, 9.17) is 5.73 Å². The van der Waals surface area contributed by atoms with Gasteiger partial charge in [-0.3, -0.25) is 4.79 Å². The van der Waals surface area contributed by atoms with Crippen LogP contribution < -0.4 is 10.6 Å². The summed E-state index contributed by atoms with van der Waals surface area (Å²) >= 11 is 0. The van der Waals surface area contributed by atoms with Crippen molar-refractivity contribution in [3.05, 3.63) is 30.3 Å². The molecule has 3 nitrogen and oxygen atoms in total. The molecule has 0 radical (unpaired) electrons. The summed E-state index contributed by atoms with van der Waals surface area (Å²) in [7, 11) is 0. The third-order valence-electron chi connectivity index (χ3n) is 3.15. The average molecular weight is 262 g/mol. The fourth-order valence-corrected chi connectivity index (χ4v) is 2.03. The zero-order chi connectivity index (χ0) is 14.1. The molecule has 0 spiro atoms. The summed E-state index contributed by atoms with van der Waals surface area (Å²) in [5.74, 6) is 0.209. The van der Waals surface area contributed by atoms with Crippen LogP contribution >= 0.6 is 0 Å². The summed E-state index contributed by atoms with van der Waals surface area (Å²) in [4.78, 5) is 14.2. The molecule has 1 unspecified atom stereocenters. The van der Waals surface area contributed by atoms with Crippen molar-refractivity contribution >= 4 is 11.6 Å². The molecule has 0 saturated heterocycles. The molecule has 0 saturated carbocycles. The lowest BCUT2D eigenvalue weighted by Crippen LogP contribution is -2.32. The normalized spacial score (nSPS) is 12.2. The average Bonchev–Trinajstić information content (AvgIpc) is 2.40. The Balaban J connectivity index is 2.60. The van der Waals surface area contributed by atoms with Crippen LogP contribution in [0.3, 0.4) is 0 Å². The number of benzene rings is 1. The van der Waals surface area contributed by atoms with Crippen LogP contribution in [0.4, 0.5) is 5.69 Å². The molecule has 0 aromatic heterocycles. The maximum Gasteiger partial charge on any atom is 0.226 e. The topological polar surface area (TPSA) is 46.3 Å². The zero-order valence-electron chi connectivity index (χ0n) is 12.1. The molecule has 0 aliphatic rings. The van der Waals surface area contributed by atoms with Gasteiger partial charge in [-0.1, -0.05) is 31.5 Å². The van der Waals surface area contributed by atoms with E-state index in [0.717, 1.165) is 37.9 Å². The van der Waals surface area contributed by atoms with E-state index in [0.29, 0.717) is 6.42 Å². The molecule has 1 atom stereocenters. The number of nitrogens with zero attached hydrogens (tertiary/aromatic N) is 1. The summed E-state index contributed by atoms with van der Waals surface area (Å²) in [6, 6.07) is 10.1. The van der Waals surface area contributed by atoms with Crippen LogP contribution in [-0.4, -0.2) is 18.5 Å². The largest absolute Gasteiger partial charge is 0.328 e. The van der Waals surface area contributed by atoms with E-state index in [2.05, 4.69) is 6.92 Å². The van der Waals surface area contributed by atoms with Gasteiger partial charge in [-0.25, -0.2) is 0 Å². The Bertz CT molecular complexity index is 362. The number of nitrogens with two attached hydrogens (primary N) is 1. The lowest BCUT2D eigenvalue weighted by Gasteiger charge is -2.23. The first kappa shape index (κ1) is 15.7. The molecule has 2 N–H and O–H groups in total. The molecule has 0 aliphatic carbocycles. The number of unbranched alkanes of at least 4 members (excludes halogenated alkanes) is 1. The number of para-hydroxylation sites is 1. The van der Waals surface area contributed by atoms with Crippen molar-refractivity contribution < 1.29 is 4.79 Å². The lowest BCUT2D eigenvalue weighted by atomic mass is 10.1. The minimum absolute atomic E-state index is 0.175. The van der Waals surface area contributed by atoms with Gasteiger partial charge in [0.15, 0.2) is 0 Å². The van der Waals surface area contributed by atoms with Gasteiger partial charge in [0, 0.05) is 24.7 Å². The molecule has 0 aliphatic heterocycles. The molecular formula is C16H26N2O. The summed E-state index contributed by atoms with van der Waals surface area (Å²) in [6.45, 7) is 4.93. The van der Waals surface area contributed by atoms with Gasteiger partial charge in [0.05, 0.1) is 0 Å². The Morgan fingerprint density at radius 2 is 1.95 bits per heavy atom. The molecule has 0 heterocycles. The van der Waals surface area contributed by atoms with Gasteiger partial charge in [-0.2, -0.15) is 0 Å². The number of hydrogen-bond acceptors (Lipinski definition) is 2. The van der Waals surface area contributed by atoms with Crippen molar-refractivity contribution in [1.82, 2.24) is 0 Å². The zero-order valence-corrected chi connectivity index (χ0v) is 12.1. The molecule has 0 fully saturated rings. The Hall–Kier alpha value is -1.35. The second kappa shape index (κ2) is 8.70. The molecule has 3 heteroatoms. The summed E-state index contributed by atoms with van der Waals surface area (Å²) < 4.78 is 0. The maximum atomic E-state index is 12.3. The molecule has 1 aromatic rings. The second-order valence-corrected chi connectivity index (χ2v) is 5.10. The van der Waals surface area contributed by atoms with Crippen molar-refractivity contribution in [2.24, 2.45) is 5.73 Å². The monoisotopic (exact) mass is 262 g/mol. The predicted molar refractivity (Wildman–Crippen MR) is 81.2 cm³/mol. The minimum atomic E-state index is 0.175.